The van der Waals surface area contributed by atoms with E-state index in [1.54, 1.807) is 0 Å². The van der Waals surface area contributed by atoms with Gasteiger partial charge in [-0.3, -0.25) is 9.59 Å². The average molecular weight is 271 g/mol. The SMILES string of the molecule is CCOC(=O)C(CC)C(=O)ONC(=O)C(F)(F)F. The van der Waals surface area contributed by atoms with E-state index in [9.17, 15) is 27.6 Å². The molecule has 0 aliphatic carbocycles. The van der Waals surface area contributed by atoms with Gasteiger partial charge >= 0.3 is 24.0 Å². The van der Waals surface area contributed by atoms with Crippen molar-refractivity contribution in [1.82, 2.24) is 5.48 Å². The van der Waals surface area contributed by atoms with Crippen LogP contribution in [0.4, 0.5) is 13.2 Å². The van der Waals surface area contributed by atoms with Crippen molar-refractivity contribution >= 4 is 17.8 Å². The van der Waals surface area contributed by atoms with E-state index in [1.807, 2.05) is 0 Å². The number of ether oxygens (including phenoxy) is 1. The highest BCUT2D eigenvalue weighted by Gasteiger charge is 2.40. The largest absolute Gasteiger partial charge is 0.474 e. The summed E-state index contributed by atoms with van der Waals surface area (Å²) >= 11 is 0. The number of rotatable bonds is 4. The number of hydroxylamine groups is 1. The molecule has 1 unspecified atom stereocenters. The van der Waals surface area contributed by atoms with Crippen LogP contribution in [0, 0.1) is 5.92 Å². The zero-order valence-corrected chi connectivity index (χ0v) is 9.67. The first-order valence-electron chi connectivity index (χ1n) is 4.98. The molecule has 104 valence electrons. The second-order valence-corrected chi connectivity index (χ2v) is 3.06. The first-order chi connectivity index (χ1) is 8.23. The summed E-state index contributed by atoms with van der Waals surface area (Å²) in [6.07, 6.45) is -5.20. The summed E-state index contributed by atoms with van der Waals surface area (Å²) in [4.78, 5) is 36.7. The molecule has 1 amide bonds. The van der Waals surface area contributed by atoms with Gasteiger partial charge < -0.3 is 9.57 Å². The van der Waals surface area contributed by atoms with Gasteiger partial charge in [-0.1, -0.05) is 6.92 Å². The molecule has 0 aromatic heterocycles. The standard InChI is InChI=1S/C9H12F3NO5/c1-3-5(6(14)17-4-2)7(15)18-13-8(16)9(10,11)12/h5H,3-4H2,1-2H3,(H,13,16). The minimum absolute atomic E-state index is 0.0114. The van der Waals surface area contributed by atoms with Crippen LogP contribution in [0.1, 0.15) is 20.3 Å². The van der Waals surface area contributed by atoms with Crippen LogP contribution in [0.15, 0.2) is 0 Å². The second-order valence-electron chi connectivity index (χ2n) is 3.06. The summed E-state index contributed by atoms with van der Waals surface area (Å²) in [5.41, 5.74) is 0.913. The van der Waals surface area contributed by atoms with Crippen LogP contribution in [-0.2, 0) is 24.0 Å². The number of carbonyl (C=O) groups excluding carboxylic acids is 3. The molecular weight excluding hydrogens is 259 g/mol. The van der Waals surface area contributed by atoms with Gasteiger partial charge in [0.1, 0.15) is 0 Å². The Morgan fingerprint density at radius 1 is 1.17 bits per heavy atom. The molecule has 0 aliphatic rings. The lowest BCUT2D eigenvalue weighted by Crippen LogP contribution is -2.40. The number of esters is 1. The summed E-state index contributed by atoms with van der Waals surface area (Å²) < 4.78 is 39.8. The van der Waals surface area contributed by atoms with Gasteiger partial charge in [0, 0.05) is 0 Å². The van der Waals surface area contributed by atoms with Crippen molar-refractivity contribution in [2.24, 2.45) is 5.92 Å². The van der Waals surface area contributed by atoms with Gasteiger partial charge in [0.25, 0.3) is 0 Å². The normalized spacial score (nSPS) is 12.5. The van der Waals surface area contributed by atoms with Crippen molar-refractivity contribution < 1.29 is 37.1 Å². The summed E-state index contributed by atoms with van der Waals surface area (Å²) in [5.74, 6) is -6.05. The van der Waals surface area contributed by atoms with E-state index < -0.39 is 29.9 Å². The Bertz CT molecular complexity index is 329. The predicted molar refractivity (Wildman–Crippen MR) is 50.7 cm³/mol. The average Bonchev–Trinajstić information content (AvgIpc) is 2.25. The van der Waals surface area contributed by atoms with Gasteiger partial charge in [0.2, 0.25) is 0 Å². The molecule has 0 fully saturated rings. The van der Waals surface area contributed by atoms with Crippen molar-refractivity contribution in [3.05, 3.63) is 0 Å². The molecule has 9 heteroatoms. The van der Waals surface area contributed by atoms with Crippen LogP contribution in [0.3, 0.4) is 0 Å². The van der Waals surface area contributed by atoms with Crippen molar-refractivity contribution in [3.63, 3.8) is 0 Å². The molecule has 6 nitrogen and oxygen atoms in total. The number of halogens is 3. The highest BCUT2D eigenvalue weighted by atomic mass is 19.4. The van der Waals surface area contributed by atoms with Crippen molar-refractivity contribution in [3.8, 4) is 0 Å². The lowest BCUT2D eigenvalue weighted by molar-refractivity contribution is -0.191. The number of hydrogen-bond donors (Lipinski definition) is 1. The van der Waals surface area contributed by atoms with Crippen LogP contribution < -0.4 is 5.48 Å². The second kappa shape index (κ2) is 6.82. The molecule has 0 aromatic rings. The topological polar surface area (TPSA) is 81.7 Å². The van der Waals surface area contributed by atoms with Gasteiger partial charge in [-0.05, 0) is 13.3 Å². The maximum Gasteiger partial charge on any atom is 0.474 e. The van der Waals surface area contributed by atoms with Crippen molar-refractivity contribution in [2.75, 3.05) is 6.61 Å². The first kappa shape index (κ1) is 16.2. The van der Waals surface area contributed by atoms with E-state index in [2.05, 4.69) is 9.57 Å². The maximum absolute atomic E-state index is 11.8. The van der Waals surface area contributed by atoms with E-state index in [4.69, 9.17) is 0 Å². The van der Waals surface area contributed by atoms with E-state index in [1.165, 1.54) is 13.8 Å². The monoisotopic (exact) mass is 271 g/mol. The first-order valence-corrected chi connectivity index (χ1v) is 4.98. The van der Waals surface area contributed by atoms with Crippen LogP contribution in [-0.4, -0.2) is 30.6 Å². The quantitative estimate of drug-likeness (QED) is 0.462. The molecule has 18 heavy (non-hydrogen) atoms. The lowest BCUT2D eigenvalue weighted by atomic mass is 10.1. The summed E-state index contributed by atoms with van der Waals surface area (Å²) in [5, 5.41) is 0. The van der Waals surface area contributed by atoms with Gasteiger partial charge in [-0.15, -0.1) is 0 Å². The zero-order valence-electron chi connectivity index (χ0n) is 9.67. The predicted octanol–water partition coefficient (Wildman–Crippen LogP) is 0.712. The minimum Gasteiger partial charge on any atom is -0.465 e. The Hall–Kier alpha value is -1.80. The Balaban J connectivity index is 4.38. The van der Waals surface area contributed by atoms with Gasteiger partial charge in [0.05, 0.1) is 6.61 Å². The van der Waals surface area contributed by atoms with E-state index in [-0.39, 0.29) is 13.0 Å². The third-order valence-electron chi connectivity index (χ3n) is 1.77. The summed E-state index contributed by atoms with van der Waals surface area (Å²) in [6.45, 7) is 2.95. The highest BCUT2D eigenvalue weighted by Crippen LogP contribution is 2.14. The Morgan fingerprint density at radius 2 is 1.72 bits per heavy atom. The fraction of sp³-hybridized carbons (Fsp3) is 0.667. The van der Waals surface area contributed by atoms with Crippen LogP contribution >= 0.6 is 0 Å². The molecule has 0 bridgehead atoms. The van der Waals surface area contributed by atoms with Crippen LogP contribution in [0.25, 0.3) is 0 Å². The molecule has 0 aromatic carbocycles. The van der Waals surface area contributed by atoms with Crippen LogP contribution in [0.2, 0.25) is 0 Å². The number of nitrogens with one attached hydrogen (secondary N) is 1. The van der Waals surface area contributed by atoms with Gasteiger partial charge in [-0.2, -0.15) is 18.7 Å². The molecule has 0 radical (unpaired) electrons. The fourth-order valence-electron chi connectivity index (χ4n) is 0.898. The number of amides is 1. The fourth-order valence-corrected chi connectivity index (χ4v) is 0.898. The van der Waals surface area contributed by atoms with Crippen molar-refractivity contribution in [2.45, 2.75) is 26.4 Å². The molecule has 1 N–H and O–H groups in total. The molecule has 1 atom stereocenters. The molecule has 0 saturated heterocycles. The molecule has 0 spiro atoms. The maximum atomic E-state index is 11.8. The molecule has 0 aliphatic heterocycles. The third-order valence-corrected chi connectivity index (χ3v) is 1.77. The smallest absolute Gasteiger partial charge is 0.465 e. The Labute approximate surface area is 100 Å². The van der Waals surface area contributed by atoms with Gasteiger partial charge in [-0.25, -0.2) is 4.79 Å². The Kier molecular flexibility index (Phi) is 6.14. The molecule has 0 heterocycles. The number of hydrogen-bond acceptors (Lipinski definition) is 5. The third kappa shape index (κ3) is 5.02. The minimum atomic E-state index is -5.17. The van der Waals surface area contributed by atoms with Crippen LogP contribution in [0.5, 0.6) is 0 Å². The number of carbonyl (C=O) groups is 3. The van der Waals surface area contributed by atoms with Crippen molar-refractivity contribution in [1.29, 1.82) is 0 Å². The van der Waals surface area contributed by atoms with E-state index in [0.717, 1.165) is 5.48 Å². The summed E-state index contributed by atoms with van der Waals surface area (Å²) in [6, 6.07) is 0. The molecular formula is C9H12F3NO5. The lowest BCUT2D eigenvalue weighted by Gasteiger charge is -2.13. The summed E-state index contributed by atoms with van der Waals surface area (Å²) in [7, 11) is 0. The molecule has 0 rings (SSSR count). The van der Waals surface area contributed by atoms with E-state index in [0.29, 0.717) is 0 Å². The zero-order chi connectivity index (χ0) is 14.3. The highest BCUT2D eigenvalue weighted by molar-refractivity contribution is 5.95. The molecule has 0 saturated carbocycles. The van der Waals surface area contributed by atoms with E-state index >= 15 is 0 Å². The Morgan fingerprint density at radius 3 is 2.11 bits per heavy atom. The number of alkyl halides is 3. The van der Waals surface area contributed by atoms with Gasteiger partial charge in [0.15, 0.2) is 5.92 Å².